The molecule has 3 heterocycles. The Bertz CT molecular complexity index is 1920. The molecule has 10 nitrogen and oxygen atoms in total. The van der Waals surface area contributed by atoms with Crippen molar-refractivity contribution >= 4 is 45.3 Å². The summed E-state index contributed by atoms with van der Waals surface area (Å²) in [6.45, 7) is 17.1. The minimum Gasteiger partial charge on any atom is -0.443 e. The number of hydrogen-bond donors (Lipinski definition) is 1. The van der Waals surface area contributed by atoms with Crippen molar-refractivity contribution in [3.05, 3.63) is 90.3 Å². The average Bonchev–Trinajstić information content (AvgIpc) is 3.65. The Morgan fingerprint density at radius 2 is 1.11 bits per heavy atom. The molecule has 0 bridgehead atoms. The summed E-state index contributed by atoms with van der Waals surface area (Å²) in [5, 5.41) is 0. The van der Waals surface area contributed by atoms with E-state index in [9.17, 15) is 9.59 Å². The van der Waals surface area contributed by atoms with Gasteiger partial charge in [0, 0.05) is 0 Å². The van der Waals surface area contributed by atoms with Crippen LogP contribution in [-0.2, 0) is 9.47 Å². The Morgan fingerprint density at radius 1 is 0.614 bits per heavy atom. The molecule has 0 unspecified atom stereocenters. The van der Waals surface area contributed by atoms with Crippen LogP contribution >= 0.6 is 0 Å². The van der Waals surface area contributed by atoms with Gasteiger partial charge in [-0.2, -0.15) is 0 Å². The van der Waals surface area contributed by atoms with Crippen LogP contribution in [0, 0.1) is 20.8 Å². The number of ether oxygens (including phenoxy) is 2. The quantitative estimate of drug-likeness (QED) is 0.188. The zero-order valence-electron chi connectivity index (χ0n) is 26.8. The molecule has 0 amide bonds. The summed E-state index contributed by atoms with van der Waals surface area (Å²) in [6.07, 6.45) is 3.91. The van der Waals surface area contributed by atoms with Gasteiger partial charge in [-0.15, -0.1) is 0 Å². The van der Waals surface area contributed by atoms with Gasteiger partial charge in [0.2, 0.25) is 0 Å². The molecule has 3 aromatic carbocycles. The van der Waals surface area contributed by atoms with E-state index in [0.717, 1.165) is 44.2 Å². The highest BCUT2D eigenvalue weighted by molar-refractivity contribution is 5.87. The summed E-state index contributed by atoms with van der Waals surface area (Å²) >= 11 is 0. The molecule has 3 aromatic heterocycles. The number of carbonyl (C=O) groups is 2. The number of aromatic amines is 1. The molecule has 0 aliphatic heterocycles. The molecule has 230 valence electrons. The molecule has 10 heteroatoms. The van der Waals surface area contributed by atoms with Gasteiger partial charge in [0.25, 0.3) is 0 Å². The highest BCUT2D eigenvalue weighted by Gasteiger charge is 2.20. The third kappa shape index (κ3) is 8.31. The summed E-state index contributed by atoms with van der Waals surface area (Å²) in [5.41, 5.74) is 7.74. The fourth-order valence-electron chi connectivity index (χ4n) is 4.20. The van der Waals surface area contributed by atoms with Crippen molar-refractivity contribution in [2.45, 2.75) is 73.5 Å². The zero-order valence-corrected chi connectivity index (χ0v) is 26.8. The highest BCUT2D eigenvalue weighted by Crippen LogP contribution is 2.18. The second kappa shape index (κ2) is 12.7. The molecule has 0 atom stereocenters. The van der Waals surface area contributed by atoms with Gasteiger partial charge in [0.15, 0.2) is 0 Å². The summed E-state index contributed by atoms with van der Waals surface area (Å²) in [7, 11) is 0. The number of imidazole rings is 3. The molecule has 44 heavy (non-hydrogen) atoms. The highest BCUT2D eigenvalue weighted by atomic mass is 16.6. The van der Waals surface area contributed by atoms with Crippen LogP contribution in [0.15, 0.2) is 73.6 Å². The predicted molar refractivity (Wildman–Crippen MR) is 173 cm³/mol. The maximum atomic E-state index is 11.9. The Hall–Kier alpha value is -4.99. The van der Waals surface area contributed by atoms with E-state index in [4.69, 9.17) is 9.47 Å². The van der Waals surface area contributed by atoms with E-state index < -0.39 is 23.4 Å². The normalized spacial score (nSPS) is 11.5. The fraction of sp³-hybridized carbons (Fsp3) is 0.324. The second-order valence-corrected chi connectivity index (χ2v) is 12.6. The van der Waals surface area contributed by atoms with E-state index in [1.807, 2.05) is 97.9 Å². The van der Waals surface area contributed by atoms with Gasteiger partial charge in [-0.1, -0.05) is 18.2 Å². The van der Waals surface area contributed by atoms with Crippen LogP contribution in [0.25, 0.3) is 33.1 Å². The minimum atomic E-state index is -0.502. The molecule has 0 fully saturated rings. The van der Waals surface area contributed by atoms with Crippen LogP contribution in [0.5, 0.6) is 0 Å². The van der Waals surface area contributed by atoms with Gasteiger partial charge in [-0.3, -0.25) is 0 Å². The van der Waals surface area contributed by atoms with Crippen molar-refractivity contribution in [1.82, 2.24) is 29.1 Å². The lowest BCUT2D eigenvalue weighted by Gasteiger charge is -2.19. The van der Waals surface area contributed by atoms with Crippen LogP contribution in [0.4, 0.5) is 9.59 Å². The number of benzene rings is 3. The molecule has 0 spiro atoms. The largest absolute Gasteiger partial charge is 0.443 e. The maximum absolute atomic E-state index is 11.9. The van der Waals surface area contributed by atoms with Crippen LogP contribution in [-0.4, -0.2) is 52.5 Å². The summed E-state index contributed by atoms with van der Waals surface area (Å²) in [4.78, 5) is 39.4. The first kappa shape index (κ1) is 31.9. The monoisotopic (exact) mass is 596 g/mol. The van der Waals surface area contributed by atoms with E-state index >= 15 is 0 Å². The lowest BCUT2D eigenvalue weighted by atomic mass is 10.2. The number of hydrogen-bond acceptors (Lipinski definition) is 7. The molecule has 0 radical (unpaired) electrons. The second-order valence-electron chi connectivity index (χ2n) is 12.6. The number of carbonyl (C=O) groups excluding carboxylic acids is 2. The van der Waals surface area contributed by atoms with Crippen molar-refractivity contribution in [3.8, 4) is 0 Å². The maximum Gasteiger partial charge on any atom is 0.420 e. The Kier molecular flexibility index (Phi) is 9.22. The van der Waals surface area contributed by atoms with Gasteiger partial charge < -0.3 is 14.5 Å². The molecule has 6 rings (SSSR count). The first-order valence-corrected chi connectivity index (χ1v) is 14.3. The van der Waals surface area contributed by atoms with Crippen molar-refractivity contribution in [1.29, 1.82) is 0 Å². The van der Waals surface area contributed by atoms with Crippen LogP contribution < -0.4 is 0 Å². The molecular weight excluding hydrogens is 556 g/mol. The number of nitrogens with zero attached hydrogens (tertiary/aromatic N) is 5. The van der Waals surface area contributed by atoms with E-state index in [1.54, 1.807) is 6.33 Å². The summed E-state index contributed by atoms with van der Waals surface area (Å²) in [6, 6.07) is 17.7. The molecule has 0 saturated heterocycles. The number of aryl methyl sites for hydroxylation is 3. The standard InChI is InChI=1S/2C13H16N2O2.C8H8N2/c1-9-5-6-11-10(7-9)14-8-15(11)12(16)17-13(2,3)4;1-9-5-6-10-11(7-9)15(8-14-10)12(16)17-13(2,3)4;1-6-2-3-7-8(4-6)10-5-9-7/h2*5-8H,1-4H3;2-5H,1H3,(H,9,10). The van der Waals surface area contributed by atoms with E-state index in [-0.39, 0.29) is 0 Å². The number of nitrogens with one attached hydrogen (secondary N) is 1. The first-order valence-electron chi connectivity index (χ1n) is 14.3. The molecule has 1 N–H and O–H groups in total. The van der Waals surface area contributed by atoms with Gasteiger partial charge >= 0.3 is 12.2 Å². The van der Waals surface area contributed by atoms with Crippen LogP contribution in [0.2, 0.25) is 0 Å². The Morgan fingerprint density at radius 3 is 1.73 bits per heavy atom. The van der Waals surface area contributed by atoms with Gasteiger partial charge in [0.1, 0.15) is 23.9 Å². The van der Waals surface area contributed by atoms with E-state index in [0.29, 0.717) is 0 Å². The molecule has 0 aliphatic carbocycles. The topological polar surface area (TPSA) is 117 Å². The van der Waals surface area contributed by atoms with E-state index in [1.165, 1.54) is 27.4 Å². The molecule has 6 aromatic rings. The van der Waals surface area contributed by atoms with Crippen LogP contribution in [0.1, 0.15) is 58.2 Å². The zero-order chi connectivity index (χ0) is 32.2. The van der Waals surface area contributed by atoms with Gasteiger partial charge in [0.05, 0.1) is 39.4 Å². The lowest BCUT2D eigenvalue weighted by molar-refractivity contribution is 0.0532. The third-order valence-corrected chi connectivity index (χ3v) is 6.16. The summed E-state index contributed by atoms with van der Waals surface area (Å²) < 4.78 is 13.5. The predicted octanol–water partition coefficient (Wildman–Crippen LogP) is 8.13. The Labute approximate surface area is 257 Å². The van der Waals surface area contributed by atoms with Gasteiger partial charge in [-0.05, 0) is 115 Å². The SMILES string of the molecule is Cc1ccc2c(c1)ncn2C(=O)OC(C)(C)C.Cc1ccc2nc[nH]c2c1.Cc1ccc2ncn(C(=O)OC(C)(C)C)c2c1. The fourth-order valence-corrected chi connectivity index (χ4v) is 4.20. The number of H-pyrrole nitrogens is 1. The molecule has 0 saturated carbocycles. The Balaban J connectivity index is 0.000000156. The van der Waals surface area contributed by atoms with E-state index in [2.05, 4.69) is 39.0 Å². The average molecular weight is 597 g/mol. The number of aromatic nitrogens is 6. The van der Waals surface area contributed by atoms with Crippen LogP contribution in [0.3, 0.4) is 0 Å². The van der Waals surface area contributed by atoms with Crippen molar-refractivity contribution in [3.63, 3.8) is 0 Å². The lowest BCUT2D eigenvalue weighted by Crippen LogP contribution is -2.26. The van der Waals surface area contributed by atoms with Crippen molar-refractivity contribution < 1.29 is 19.1 Å². The first-order chi connectivity index (χ1) is 20.6. The number of fused-ring (bicyclic) bond motifs is 3. The van der Waals surface area contributed by atoms with Crippen molar-refractivity contribution in [2.24, 2.45) is 0 Å². The smallest absolute Gasteiger partial charge is 0.420 e. The minimum absolute atomic E-state index is 0.398. The van der Waals surface area contributed by atoms with Crippen molar-refractivity contribution in [2.75, 3.05) is 0 Å². The molecule has 0 aliphatic rings. The third-order valence-electron chi connectivity index (χ3n) is 6.16. The van der Waals surface area contributed by atoms with Gasteiger partial charge in [-0.25, -0.2) is 33.7 Å². The number of rotatable bonds is 0. The summed E-state index contributed by atoms with van der Waals surface area (Å²) in [5.74, 6) is 0. The molecular formula is C34H40N6O4.